The molecule has 1 fully saturated rings. The minimum atomic E-state index is -5.81. The number of benzene rings is 4. The predicted molar refractivity (Wildman–Crippen MR) is 427 cm³/mol. The van der Waals surface area contributed by atoms with E-state index >= 15 is 0 Å². The van der Waals surface area contributed by atoms with E-state index in [2.05, 4.69) is 51.7 Å². The van der Waals surface area contributed by atoms with Crippen LogP contribution in [0.5, 0.6) is 17.2 Å². The summed E-state index contributed by atoms with van der Waals surface area (Å²) in [7, 11) is -20.5. The van der Waals surface area contributed by atoms with Gasteiger partial charge in [-0.15, -0.1) is 0 Å². The van der Waals surface area contributed by atoms with Gasteiger partial charge in [0, 0.05) is 86.9 Å². The summed E-state index contributed by atoms with van der Waals surface area (Å²) in [4.78, 5) is 105. The van der Waals surface area contributed by atoms with Gasteiger partial charge in [0.2, 0.25) is 5.91 Å². The maximum Gasteiger partial charge on any atom is 0.490 e. The Morgan fingerprint density at radius 2 is 1.52 bits per heavy atom. The maximum atomic E-state index is 14.2. The highest BCUT2D eigenvalue weighted by Crippen LogP contribution is 2.66. The standard InChI is InChI=1S/C69H82N9O27P3S6/c1-38(110-109-9)101-55-28-58(103-56(55)32-100-107(87,88)105-108(89,90)104-106(84,85)86)78-31-41(60-62(70)74-37-75-63(60)78)13-11-17-71-57(79)33-97-20-21-98-59(111-112-67(2,3)4)34-99-44-14-10-12-39(22-44)64(80)72-18-19-73-65(81)40-15-16-45(66(82)83)48(23-40)61-49-24-46-42(35-113(91,92)93)29-68(5,6)76-51(46)26-53(49)102-54-27-52-47(25-50(54)61)43(36-114(94,95)96)30-69(7,8)77-52/h10,12,14-16,22-27,29-31,37-38,55-56,58-59,76H,17-21,28,32-36H2,1-9H3,(H,71,79)(H,72,80)(H,73,81)(H,82,83)(H,87,88)(H,89,90)(H2,70,74,75)(H2,84,85,86)(H,91,92,93)(H,94,95,96)/t38-,55+,56+,58+,59?/m0/s1. The number of hydrogen-bond acceptors (Lipinski definition) is 29. The fraction of sp³-hybridized carbons (Fsp3) is 0.406. The summed E-state index contributed by atoms with van der Waals surface area (Å²) in [5, 5.41) is 23.2. The number of aromatic carboxylic acids is 1. The summed E-state index contributed by atoms with van der Waals surface area (Å²) in [6.45, 7) is 13.4. The Kier molecular flexibility index (Phi) is 28.4. The van der Waals surface area contributed by atoms with Crippen LogP contribution in [0.3, 0.4) is 0 Å². The van der Waals surface area contributed by atoms with Crippen LogP contribution < -0.4 is 47.1 Å². The van der Waals surface area contributed by atoms with E-state index in [1.807, 2.05) is 27.0 Å². The van der Waals surface area contributed by atoms with Crippen LogP contribution in [0.25, 0.3) is 27.8 Å². The third kappa shape index (κ3) is 24.7. The van der Waals surface area contributed by atoms with Crippen molar-refractivity contribution in [2.75, 3.05) is 81.5 Å². The number of fused-ring (bicyclic) bond motifs is 5. The monoisotopic (exact) mass is 1750 g/mol. The molecule has 3 unspecified atom stereocenters. The zero-order valence-corrected chi connectivity index (χ0v) is 69.9. The molecule has 4 aliphatic rings. The van der Waals surface area contributed by atoms with Crippen molar-refractivity contribution in [3.8, 4) is 29.1 Å². The Balaban J connectivity index is 0.743. The number of nitrogens with zero attached hydrogens (tertiary/aromatic N) is 4. The molecule has 6 heterocycles. The summed E-state index contributed by atoms with van der Waals surface area (Å²) in [5.74, 6) is 1.84. The molecule has 114 heavy (non-hydrogen) atoms. The van der Waals surface area contributed by atoms with Gasteiger partial charge in [-0.2, -0.15) is 25.5 Å². The Morgan fingerprint density at radius 3 is 2.18 bits per heavy atom. The van der Waals surface area contributed by atoms with Crippen LogP contribution in [0.1, 0.15) is 127 Å². The van der Waals surface area contributed by atoms with Crippen molar-refractivity contribution >= 4 is 150 Å². The van der Waals surface area contributed by atoms with Gasteiger partial charge in [-0.25, -0.2) is 28.5 Å². The van der Waals surface area contributed by atoms with Crippen molar-refractivity contribution in [1.82, 2.24) is 30.5 Å². The molecule has 10 rings (SSSR count). The lowest BCUT2D eigenvalue weighted by Gasteiger charge is -2.34. The highest BCUT2D eigenvalue weighted by molar-refractivity contribution is 8.77. The van der Waals surface area contributed by atoms with Crippen molar-refractivity contribution in [3.63, 3.8) is 0 Å². The number of carbonyl (C=O) groups excluding carboxylic acids is 3. The van der Waals surface area contributed by atoms with Gasteiger partial charge in [-0.1, -0.05) is 94.0 Å². The average Bonchev–Trinajstić information content (AvgIpc) is 0.918. The molecule has 616 valence electrons. The summed E-state index contributed by atoms with van der Waals surface area (Å²) in [6, 6.07) is 16.5. The number of nitrogen functional groups attached to an aromatic ring is 1. The number of nitrogens with two attached hydrogens (primary N) is 1. The van der Waals surface area contributed by atoms with E-state index in [4.69, 9.17) is 53.5 Å². The van der Waals surface area contributed by atoms with Crippen LogP contribution in [-0.2, 0) is 70.8 Å². The molecule has 36 nitrogen and oxygen atoms in total. The first-order chi connectivity index (χ1) is 53.2. The number of carboxylic acid groups (broad SMARTS) is 1. The second kappa shape index (κ2) is 36.3. The van der Waals surface area contributed by atoms with E-state index in [9.17, 15) is 73.7 Å². The Morgan fingerprint density at radius 1 is 0.825 bits per heavy atom. The Labute approximate surface area is 670 Å². The third-order valence-corrected chi connectivity index (χ3v) is 27.2. The van der Waals surface area contributed by atoms with Gasteiger partial charge in [0.25, 0.3) is 32.1 Å². The molecule has 45 heteroatoms. The molecule has 7 atom stereocenters. The van der Waals surface area contributed by atoms with Crippen molar-refractivity contribution in [1.29, 1.82) is 0 Å². The molecular weight excluding hydrogens is 1670 g/mol. The van der Waals surface area contributed by atoms with Crippen LogP contribution in [0.4, 0.5) is 11.5 Å². The second-order valence-corrected chi connectivity index (χ2v) is 41.2. The summed E-state index contributed by atoms with van der Waals surface area (Å²) in [5.41, 5.74) is 5.79. The lowest BCUT2D eigenvalue weighted by Crippen LogP contribution is -2.35. The second-order valence-electron chi connectivity index (χ2n) is 27.9. The normalized spacial score (nSPS) is 18.5. The van der Waals surface area contributed by atoms with Crippen LogP contribution in [0, 0.1) is 11.8 Å². The zero-order valence-electron chi connectivity index (χ0n) is 62.3. The number of rotatable bonds is 35. The lowest BCUT2D eigenvalue weighted by molar-refractivity contribution is -0.126. The highest BCUT2D eigenvalue weighted by atomic mass is 33.1. The molecule has 4 aliphatic heterocycles. The van der Waals surface area contributed by atoms with Crippen molar-refractivity contribution in [3.05, 3.63) is 146 Å². The number of anilines is 2. The molecule has 0 saturated carbocycles. The first kappa shape index (κ1) is 89.1. The van der Waals surface area contributed by atoms with Crippen LogP contribution in [0.2, 0.25) is 0 Å². The zero-order chi connectivity index (χ0) is 83.3. The van der Waals surface area contributed by atoms with Gasteiger partial charge in [0.1, 0.15) is 83.0 Å². The molecule has 0 aliphatic carbocycles. The van der Waals surface area contributed by atoms with Gasteiger partial charge in [0.15, 0.2) is 0 Å². The van der Waals surface area contributed by atoms with Crippen LogP contribution >= 0.6 is 66.6 Å². The Hall–Kier alpha value is -7.24. The fourth-order valence-electron chi connectivity index (χ4n) is 12.4. The van der Waals surface area contributed by atoms with Gasteiger partial charge in [-0.3, -0.25) is 33.0 Å². The number of carboxylic acids is 1. The van der Waals surface area contributed by atoms with Gasteiger partial charge >= 0.3 is 29.4 Å². The smallest absolute Gasteiger partial charge is 0.490 e. The van der Waals surface area contributed by atoms with Crippen LogP contribution in [-0.4, -0.2) is 198 Å². The first-order valence-electron chi connectivity index (χ1n) is 34.3. The summed E-state index contributed by atoms with van der Waals surface area (Å²) < 4.78 is 157. The lowest BCUT2D eigenvalue weighted by atomic mass is 9.84. The molecule has 0 spiro atoms. The number of carbonyl (C=O) groups is 4. The first-order valence-corrected chi connectivity index (χ1v) is 46.9. The number of amides is 3. The summed E-state index contributed by atoms with van der Waals surface area (Å²) >= 11 is 0. The van der Waals surface area contributed by atoms with Gasteiger partial charge < -0.3 is 84.7 Å². The molecule has 0 radical (unpaired) electrons. The maximum absolute atomic E-state index is 14.2. The van der Waals surface area contributed by atoms with Crippen LogP contribution in [0.15, 0.2) is 96.4 Å². The largest absolute Gasteiger partial charge is 0.490 e. The molecule has 6 aromatic rings. The van der Waals surface area contributed by atoms with Gasteiger partial charge in [-0.05, 0) is 106 Å². The van der Waals surface area contributed by atoms with Crippen molar-refractivity contribution in [2.45, 2.75) is 107 Å². The average molecular weight is 1750 g/mol. The molecule has 4 aromatic carbocycles. The van der Waals surface area contributed by atoms with E-state index < -0.39 is 126 Å². The topological polar surface area (TPSA) is 530 Å². The van der Waals surface area contributed by atoms with E-state index in [1.165, 1.54) is 73.8 Å². The van der Waals surface area contributed by atoms with Gasteiger partial charge in [0.05, 0.1) is 65.4 Å². The van der Waals surface area contributed by atoms with Crippen molar-refractivity contribution in [2.24, 2.45) is 4.99 Å². The molecule has 3 amide bonds. The minimum absolute atomic E-state index is 0.00231. The number of phosphoric acid groups is 3. The fourth-order valence-corrected chi connectivity index (χ4v) is 20.3. The number of hydrogen-bond donors (Lipinski definition) is 12. The van der Waals surface area contributed by atoms with E-state index in [-0.39, 0.29) is 136 Å². The number of phosphoric ester groups is 1. The number of ether oxygens (including phenoxy) is 6. The molecule has 0 bridgehead atoms. The van der Waals surface area contributed by atoms with E-state index in [0.29, 0.717) is 33.3 Å². The quantitative estimate of drug-likeness (QED) is 0.00449. The number of nitrogens with one attached hydrogen (secondary N) is 4. The molecule has 13 N–H and O–H groups in total. The molecule has 2 aromatic heterocycles. The van der Waals surface area contributed by atoms with Crippen molar-refractivity contribution < 1.29 is 125 Å². The summed E-state index contributed by atoms with van der Waals surface area (Å²) in [6.07, 6.45) is 4.95. The third-order valence-electron chi connectivity index (χ3n) is 16.5. The van der Waals surface area contributed by atoms with E-state index in [1.54, 1.807) is 100.0 Å². The SMILES string of the molecule is CSS[C@@H](C)O[C@@H]1C[C@H](n2cc(C#CCNC(=O)COCCOC(COc3cccc(C(=O)NCCNC(=O)c4ccc(C(=O)O)c(C5=c6cc7c(cc6Oc6cc8c(cc65)C(CS(=O)(=O)O)=CC(C)(C)N8)=NC(C)(C)C=C7CS(=O)(=O)O)c4)c3)SSC(C)(C)C)c3c(N)ncnc32)O[C@@H]1COP(=O)(O)OP(=O)(O)OP(=O)(O)O. The molecular formula is C69H82N9O27P3S6. The van der Waals surface area contributed by atoms with E-state index in [0.717, 1.165) is 0 Å². The highest BCUT2D eigenvalue weighted by Gasteiger charge is 2.45. The Bertz CT molecular complexity index is 5420. The minimum Gasteiger partial charge on any atom is -0.490 e. The molecule has 1 saturated heterocycles. The number of aromatic nitrogens is 3. The predicted octanol–water partition coefficient (Wildman–Crippen LogP) is 7.84.